The van der Waals surface area contributed by atoms with Gasteiger partial charge in [0, 0.05) is 16.3 Å². The van der Waals surface area contributed by atoms with E-state index in [1.807, 2.05) is 12.1 Å². The standard InChI is InChI=1S/C20H13F3O3/c1-10-16-17(24)14-8-7-11(20(21,22)23)9-15(14)26-19(16)13-6-4-3-5-12(13)18(10)25-2/h3-9H,1-2H3. The molecule has 0 unspecified atom stereocenters. The molecule has 0 bridgehead atoms. The number of hydrogen-bond donors (Lipinski definition) is 0. The predicted molar refractivity (Wildman–Crippen MR) is 93.8 cm³/mol. The van der Waals surface area contributed by atoms with E-state index in [4.69, 9.17) is 9.15 Å². The monoisotopic (exact) mass is 358 g/mol. The van der Waals surface area contributed by atoms with Crippen LogP contribution in [0.2, 0.25) is 0 Å². The molecule has 1 heterocycles. The van der Waals surface area contributed by atoms with Gasteiger partial charge in [-0.1, -0.05) is 24.3 Å². The molecule has 0 saturated carbocycles. The Hall–Kier alpha value is -3.02. The summed E-state index contributed by atoms with van der Waals surface area (Å²) in [5.74, 6) is 0.548. The minimum atomic E-state index is -4.51. The third kappa shape index (κ3) is 2.25. The van der Waals surface area contributed by atoms with Crippen molar-refractivity contribution in [2.24, 2.45) is 0 Å². The van der Waals surface area contributed by atoms with E-state index in [0.29, 0.717) is 22.1 Å². The van der Waals surface area contributed by atoms with Crippen LogP contribution < -0.4 is 10.2 Å². The Balaban J connectivity index is 2.25. The molecular formula is C20H13F3O3. The van der Waals surface area contributed by atoms with Crippen LogP contribution in [0.25, 0.3) is 32.7 Å². The fourth-order valence-electron chi connectivity index (χ4n) is 3.36. The summed E-state index contributed by atoms with van der Waals surface area (Å²) in [5, 5.41) is 1.76. The highest BCUT2D eigenvalue weighted by molar-refractivity contribution is 6.11. The van der Waals surface area contributed by atoms with Crippen molar-refractivity contribution in [2.45, 2.75) is 13.1 Å². The molecule has 6 heteroatoms. The van der Waals surface area contributed by atoms with Gasteiger partial charge in [0.2, 0.25) is 5.43 Å². The van der Waals surface area contributed by atoms with Crippen LogP contribution in [0, 0.1) is 6.92 Å². The molecule has 132 valence electrons. The Morgan fingerprint density at radius 1 is 1.00 bits per heavy atom. The Kier molecular flexibility index (Phi) is 3.47. The quantitative estimate of drug-likeness (QED) is 0.336. The molecule has 4 aromatic rings. The van der Waals surface area contributed by atoms with E-state index in [2.05, 4.69) is 0 Å². The van der Waals surface area contributed by atoms with Crippen LogP contribution in [0.15, 0.2) is 51.7 Å². The van der Waals surface area contributed by atoms with Crippen LogP contribution in [0.1, 0.15) is 11.1 Å². The number of aryl methyl sites for hydroxylation is 1. The molecule has 0 amide bonds. The first-order chi connectivity index (χ1) is 12.3. The number of halogens is 3. The van der Waals surface area contributed by atoms with Crippen molar-refractivity contribution in [3.63, 3.8) is 0 Å². The third-order valence-electron chi connectivity index (χ3n) is 4.56. The number of hydrogen-bond acceptors (Lipinski definition) is 3. The zero-order valence-electron chi connectivity index (χ0n) is 13.9. The summed E-state index contributed by atoms with van der Waals surface area (Å²) in [6, 6.07) is 10.1. The molecular weight excluding hydrogens is 345 g/mol. The molecule has 4 rings (SSSR count). The minimum absolute atomic E-state index is 0.0907. The maximum Gasteiger partial charge on any atom is 0.416 e. The lowest BCUT2D eigenvalue weighted by Gasteiger charge is -2.14. The largest absolute Gasteiger partial charge is 0.496 e. The second-order valence-electron chi connectivity index (χ2n) is 6.05. The van der Waals surface area contributed by atoms with Gasteiger partial charge in [-0.15, -0.1) is 0 Å². The summed E-state index contributed by atoms with van der Waals surface area (Å²) >= 11 is 0. The van der Waals surface area contributed by atoms with Crippen LogP contribution in [0.3, 0.4) is 0 Å². The van der Waals surface area contributed by atoms with Crippen LogP contribution >= 0.6 is 0 Å². The molecule has 0 spiro atoms. The van der Waals surface area contributed by atoms with E-state index < -0.39 is 11.7 Å². The van der Waals surface area contributed by atoms with Gasteiger partial charge in [0.25, 0.3) is 0 Å². The molecule has 0 atom stereocenters. The number of fused-ring (bicyclic) bond motifs is 4. The zero-order valence-corrected chi connectivity index (χ0v) is 13.9. The van der Waals surface area contributed by atoms with Crippen LogP contribution in [0.4, 0.5) is 13.2 Å². The number of rotatable bonds is 1. The van der Waals surface area contributed by atoms with Crippen molar-refractivity contribution in [3.05, 3.63) is 63.8 Å². The Morgan fingerprint density at radius 3 is 2.35 bits per heavy atom. The van der Waals surface area contributed by atoms with Gasteiger partial charge in [0.05, 0.1) is 23.4 Å². The SMILES string of the molecule is COc1c(C)c2c(=O)c3ccc(C(F)(F)F)cc3oc2c2ccccc12. The smallest absolute Gasteiger partial charge is 0.416 e. The predicted octanol–water partition coefficient (Wildman–Crippen LogP) is 5.44. The summed E-state index contributed by atoms with van der Waals surface area (Å²) < 4.78 is 50.3. The summed E-state index contributed by atoms with van der Waals surface area (Å²) in [6.07, 6.45) is -4.51. The van der Waals surface area contributed by atoms with E-state index in [9.17, 15) is 18.0 Å². The average Bonchev–Trinajstić information content (AvgIpc) is 2.61. The topological polar surface area (TPSA) is 39.4 Å². The van der Waals surface area contributed by atoms with E-state index in [-0.39, 0.29) is 22.0 Å². The molecule has 0 fully saturated rings. The van der Waals surface area contributed by atoms with Crippen LogP contribution in [0.5, 0.6) is 5.75 Å². The van der Waals surface area contributed by atoms with E-state index >= 15 is 0 Å². The van der Waals surface area contributed by atoms with Gasteiger partial charge in [-0.2, -0.15) is 13.2 Å². The molecule has 0 aliphatic carbocycles. The summed E-state index contributed by atoms with van der Waals surface area (Å²) in [5.41, 5.74) is -0.474. The van der Waals surface area contributed by atoms with Gasteiger partial charge >= 0.3 is 6.18 Å². The summed E-state index contributed by atoms with van der Waals surface area (Å²) in [4.78, 5) is 13.0. The minimum Gasteiger partial charge on any atom is -0.496 e. The molecule has 0 saturated heterocycles. The van der Waals surface area contributed by atoms with Crippen molar-refractivity contribution in [3.8, 4) is 5.75 Å². The first-order valence-electron chi connectivity index (χ1n) is 7.86. The van der Waals surface area contributed by atoms with Gasteiger partial charge in [-0.3, -0.25) is 4.79 Å². The van der Waals surface area contributed by atoms with E-state index in [1.165, 1.54) is 7.11 Å². The first-order valence-corrected chi connectivity index (χ1v) is 7.86. The molecule has 1 aromatic heterocycles. The third-order valence-corrected chi connectivity index (χ3v) is 4.56. The molecule has 3 nitrogen and oxygen atoms in total. The van der Waals surface area contributed by atoms with Gasteiger partial charge < -0.3 is 9.15 Å². The van der Waals surface area contributed by atoms with E-state index in [1.54, 1.807) is 19.1 Å². The normalized spacial score (nSPS) is 12.2. The fraction of sp³-hybridized carbons (Fsp3) is 0.150. The van der Waals surface area contributed by atoms with Gasteiger partial charge in [-0.25, -0.2) is 0 Å². The molecule has 0 aliphatic heterocycles. The summed E-state index contributed by atoms with van der Waals surface area (Å²) in [7, 11) is 1.51. The maximum absolute atomic E-state index is 13.0. The van der Waals surface area contributed by atoms with Crippen molar-refractivity contribution in [1.29, 1.82) is 0 Å². The van der Waals surface area contributed by atoms with Gasteiger partial charge in [-0.05, 0) is 25.1 Å². The maximum atomic E-state index is 13.0. The molecule has 26 heavy (non-hydrogen) atoms. The number of ether oxygens (including phenoxy) is 1. The lowest BCUT2D eigenvalue weighted by Crippen LogP contribution is -2.08. The van der Waals surface area contributed by atoms with E-state index in [0.717, 1.165) is 23.6 Å². The van der Waals surface area contributed by atoms with Crippen LogP contribution in [-0.2, 0) is 6.18 Å². The van der Waals surface area contributed by atoms with Gasteiger partial charge in [0.15, 0.2) is 0 Å². The summed E-state index contributed by atoms with van der Waals surface area (Å²) in [6.45, 7) is 1.74. The second-order valence-corrected chi connectivity index (χ2v) is 6.05. The molecule has 3 aromatic carbocycles. The number of benzene rings is 3. The average molecular weight is 358 g/mol. The second kappa shape index (κ2) is 5.49. The number of methoxy groups -OCH3 is 1. The molecule has 0 radical (unpaired) electrons. The van der Waals surface area contributed by atoms with Crippen LogP contribution in [-0.4, -0.2) is 7.11 Å². The highest BCUT2D eigenvalue weighted by atomic mass is 19.4. The van der Waals surface area contributed by atoms with Crippen molar-refractivity contribution in [2.75, 3.05) is 7.11 Å². The van der Waals surface area contributed by atoms with Crippen molar-refractivity contribution >= 4 is 32.7 Å². The van der Waals surface area contributed by atoms with Crippen molar-refractivity contribution in [1.82, 2.24) is 0 Å². The fourth-order valence-corrected chi connectivity index (χ4v) is 3.36. The lowest BCUT2D eigenvalue weighted by molar-refractivity contribution is -0.137. The molecule has 0 aliphatic rings. The Labute approximate surface area is 145 Å². The van der Waals surface area contributed by atoms with Gasteiger partial charge in [0.1, 0.15) is 16.9 Å². The van der Waals surface area contributed by atoms with Crippen molar-refractivity contribution < 1.29 is 22.3 Å². The Bertz CT molecular complexity index is 1240. The highest BCUT2D eigenvalue weighted by Gasteiger charge is 2.31. The molecule has 0 N–H and O–H groups in total. The Morgan fingerprint density at radius 2 is 1.69 bits per heavy atom. The highest BCUT2D eigenvalue weighted by Crippen LogP contribution is 2.38. The zero-order chi connectivity index (χ0) is 18.6. The first kappa shape index (κ1) is 16.4. The number of alkyl halides is 3. The lowest BCUT2D eigenvalue weighted by atomic mass is 9.99.